The van der Waals surface area contributed by atoms with Gasteiger partial charge in [0.2, 0.25) is 5.91 Å². The van der Waals surface area contributed by atoms with E-state index in [0.29, 0.717) is 40.3 Å². The molecular weight excluding hydrogens is 333 g/mol. The third-order valence-corrected chi connectivity index (χ3v) is 5.62. The maximum Gasteiger partial charge on any atom is 0.225 e. The maximum atomic E-state index is 12.2. The molecule has 3 rings (SSSR count). The van der Waals surface area contributed by atoms with Gasteiger partial charge in [-0.2, -0.15) is 0 Å². The Morgan fingerprint density at radius 1 is 1.26 bits per heavy atom. The molecule has 2 aliphatic heterocycles. The van der Waals surface area contributed by atoms with Gasteiger partial charge >= 0.3 is 0 Å². The first-order valence-corrected chi connectivity index (χ1v) is 8.98. The molecule has 2 unspecified atom stereocenters. The van der Waals surface area contributed by atoms with Crippen LogP contribution in [0, 0.1) is 0 Å². The molecule has 0 spiro atoms. The molecule has 1 amide bonds. The summed E-state index contributed by atoms with van der Waals surface area (Å²) in [6.45, 7) is 0.748. The van der Waals surface area contributed by atoms with Gasteiger partial charge in [-0.25, -0.2) is 0 Å². The number of piperidine rings is 1. The second-order valence-electron chi connectivity index (χ2n) is 6.64. The van der Waals surface area contributed by atoms with Crippen molar-refractivity contribution in [3.63, 3.8) is 0 Å². The van der Waals surface area contributed by atoms with Crippen LogP contribution in [-0.4, -0.2) is 42.5 Å². The second-order valence-corrected chi connectivity index (χ2v) is 7.45. The molecule has 2 N–H and O–H groups in total. The van der Waals surface area contributed by atoms with Gasteiger partial charge in [-0.15, -0.1) is 0 Å². The number of carbonyl (C=O) groups is 1. The summed E-state index contributed by atoms with van der Waals surface area (Å²) >= 11 is 12.2. The van der Waals surface area contributed by atoms with E-state index in [2.05, 4.69) is 22.6 Å². The minimum Gasteiger partial charge on any atom is -0.324 e. The predicted molar refractivity (Wildman–Crippen MR) is 95.3 cm³/mol. The molecule has 0 aliphatic carbocycles. The average Bonchev–Trinajstić information content (AvgIpc) is 2.87. The number of anilines is 1. The molecular formula is C17H23Cl2N3O. The number of para-hydroxylation sites is 1. The summed E-state index contributed by atoms with van der Waals surface area (Å²) in [6.07, 6.45) is 5.40. The Labute approximate surface area is 147 Å². The van der Waals surface area contributed by atoms with Crippen molar-refractivity contribution in [2.24, 2.45) is 0 Å². The van der Waals surface area contributed by atoms with Gasteiger partial charge in [0.05, 0.1) is 15.7 Å². The molecule has 2 bridgehead atoms. The van der Waals surface area contributed by atoms with Crippen molar-refractivity contribution >= 4 is 34.8 Å². The molecule has 0 saturated carbocycles. The number of rotatable bonds is 5. The van der Waals surface area contributed by atoms with Gasteiger partial charge in [-0.3, -0.25) is 4.79 Å². The first kappa shape index (κ1) is 17.0. The van der Waals surface area contributed by atoms with Crippen LogP contribution >= 0.6 is 23.2 Å². The van der Waals surface area contributed by atoms with Gasteiger partial charge in [0.1, 0.15) is 0 Å². The van der Waals surface area contributed by atoms with E-state index in [4.69, 9.17) is 23.2 Å². The van der Waals surface area contributed by atoms with Crippen LogP contribution in [0.25, 0.3) is 0 Å². The zero-order valence-corrected chi connectivity index (χ0v) is 14.8. The topological polar surface area (TPSA) is 44.4 Å². The molecule has 6 heteroatoms. The first-order chi connectivity index (χ1) is 11.0. The lowest BCUT2D eigenvalue weighted by Crippen LogP contribution is -2.47. The van der Waals surface area contributed by atoms with Gasteiger partial charge in [0, 0.05) is 31.1 Å². The Bertz CT molecular complexity index is 549. The number of benzene rings is 1. The summed E-state index contributed by atoms with van der Waals surface area (Å²) in [7, 11) is 2.12. The van der Waals surface area contributed by atoms with Gasteiger partial charge < -0.3 is 15.5 Å². The lowest BCUT2D eigenvalue weighted by molar-refractivity contribution is -0.116. The zero-order chi connectivity index (χ0) is 16.4. The summed E-state index contributed by atoms with van der Waals surface area (Å²) in [5.41, 5.74) is 0.503. The van der Waals surface area contributed by atoms with Crippen molar-refractivity contribution in [2.75, 3.05) is 18.9 Å². The van der Waals surface area contributed by atoms with Crippen molar-refractivity contribution in [3.05, 3.63) is 28.2 Å². The van der Waals surface area contributed by atoms with E-state index in [1.807, 2.05) is 0 Å². The highest BCUT2D eigenvalue weighted by molar-refractivity contribution is 6.39. The highest BCUT2D eigenvalue weighted by Gasteiger charge is 2.34. The molecule has 23 heavy (non-hydrogen) atoms. The average molecular weight is 356 g/mol. The fourth-order valence-corrected chi connectivity index (χ4v) is 4.16. The van der Waals surface area contributed by atoms with Crippen LogP contribution in [0.2, 0.25) is 10.0 Å². The van der Waals surface area contributed by atoms with Gasteiger partial charge in [-0.05, 0) is 44.9 Å². The number of hydrogen-bond acceptors (Lipinski definition) is 3. The fraction of sp³-hybridized carbons (Fsp3) is 0.588. The number of hydrogen-bond donors (Lipinski definition) is 2. The molecule has 0 radical (unpaired) electrons. The summed E-state index contributed by atoms with van der Waals surface area (Å²) in [5, 5.41) is 7.41. The molecule has 4 nitrogen and oxygen atoms in total. The third-order valence-electron chi connectivity index (χ3n) is 4.99. The highest BCUT2D eigenvalue weighted by Crippen LogP contribution is 2.31. The van der Waals surface area contributed by atoms with Crippen LogP contribution in [-0.2, 0) is 4.79 Å². The smallest absolute Gasteiger partial charge is 0.225 e. The van der Waals surface area contributed by atoms with Crippen molar-refractivity contribution < 1.29 is 4.79 Å². The lowest BCUT2D eigenvalue weighted by atomic mass is 9.98. The Morgan fingerprint density at radius 3 is 2.48 bits per heavy atom. The van der Waals surface area contributed by atoms with Crippen molar-refractivity contribution in [3.8, 4) is 0 Å². The van der Waals surface area contributed by atoms with E-state index in [9.17, 15) is 4.79 Å². The van der Waals surface area contributed by atoms with Crippen LogP contribution in [0.15, 0.2) is 18.2 Å². The van der Waals surface area contributed by atoms with E-state index >= 15 is 0 Å². The third kappa shape index (κ3) is 4.18. The van der Waals surface area contributed by atoms with Crippen LogP contribution < -0.4 is 10.6 Å². The molecule has 0 aromatic heterocycles. The quantitative estimate of drug-likeness (QED) is 0.848. The Kier molecular flexibility index (Phi) is 5.47. The number of halogens is 2. The van der Waals surface area contributed by atoms with Gasteiger partial charge in [-0.1, -0.05) is 29.3 Å². The summed E-state index contributed by atoms with van der Waals surface area (Å²) in [6, 6.07) is 7.11. The second kappa shape index (κ2) is 7.39. The zero-order valence-electron chi connectivity index (χ0n) is 13.3. The first-order valence-electron chi connectivity index (χ1n) is 8.23. The molecule has 126 valence electrons. The SMILES string of the molecule is CN(CCC(=O)Nc1c(Cl)cccc1Cl)C1CC2CCC(C1)N2. The Balaban J connectivity index is 1.49. The highest BCUT2D eigenvalue weighted by atomic mass is 35.5. The van der Waals surface area contributed by atoms with Crippen molar-refractivity contribution in [1.29, 1.82) is 0 Å². The molecule has 2 aliphatic rings. The largest absolute Gasteiger partial charge is 0.324 e. The lowest BCUT2D eigenvalue weighted by Gasteiger charge is -2.35. The van der Waals surface area contributed by atoms with Gasteiger partial charge in [0.15, 0.2) is 0 Å². The minimum absolute atomic E-state index is 0.0521. The Hall–Kier alpha value is -0.810. The Morgan fingerprint density at radius 2 is 1.87 bits per heavy atom. The monoisotopic (exact) mass is 355 g/mol. The van der Waals surface area contributed by atoms with Crippen LogP contribution in [0.5, 0.6) is 0 Å². The maximum absolute atomic E-state index is 12.2. The van der Waals surface area contributed by atoms with Crippen LogP contribution in [0.1, 0.15) is 32.1 Å². The number of amides is 1. The predicted octanol–water partition coefficient (Wildman–Crippen LogP) is 3.54. The van der Waals surface area contributed by atoms with Crippen molar-refractivity contribution in [1.82, 2.24) is 10.2 Å². The summed E-state index contributed by atoms with van der Waals surface area (Å²) in [5.74, 6) is -0.0521. The fourth-order valence-electron chi connectivity index (χ4n) is 3.67. The number of carbonyl (C=O) groups excluding carboxylic acids is 1. The van der Waals surface area contributed by atoms with E-state index in [0.717, 1.165) is 6.54 Å². The number of nitrogens with zero attached hydrogens (tertiary/aromatic N) is 1. The number of nitrogens with one attached hydrogen (secondary N) is 2. The van der Waals surface area contributed by atoms with E-state index in [-0.39, 0.29) is 5.91 Å². The molecule has 2 saturated heterocycles. The van der Waals surface area contributed by atoms with E-state index < -0.39 is 0 Å². The summed E-state index contributed by atoms with van der Waals surface area (Å²) < 4.78 is 0. The van der Waals surface area contributed by atoms with E-state index in [1.54, 1.807) is 18.2 Å². The van der Waals surface area contributed by atoms with E-state index in [1.165, 1.54) is 25.7 Å². The van der Waals surface area contributed by atoms with Crippen molar-refractivity contribution in [2.45, 2.75) is 50.2 Å². The minimum atomic E-state index is -0.0521. The molecule has 1 aromatic rings. The normalized spacial score (nSPS) is 26.5. The number of fused-ring (bicyclic) bond motifs is 2. The van der Waals surface area contributed by atoms with Crippen LogP contribution in [0.4, 0.5) is 5.69 Å². The molecule has 1 aromatic carbocycles. The van der Waals surface area contributed by atoms with Crippen LogP contribution in [0.3, 0.4) is 0 Å². The summed E-state index contributed by atoms with van der Waals surface area (Å²) in [4.78, 5) is 14.5. The standard InChI is InChI=1S/C17H23Cl2N3O/c1-22(13-9-11-5-6-12(10-13)20-11)8-7-16(23)21-17-14(18)3-2-4-15(17)19/h2-4,11-13,20H,5-10H2,1H3,(H,21,23). The molecule has 2 heterocycles. The molecule has 2 fully saturated rings. The molecule has 2 atom stereocenters. The van der Waals surface area contributed by atoms with Gasteiger partial charge in [0.25, 0.3) is 0 Å².